The summed E-state index contributed by atoms with van der Waals surface area (Å²) in [7, 11) is -2.89. The van der Waals surface area contributed by atoms with Gasteiger partial charge in [-0.25, -0.2) is 12.8 Å². The fraction of sp³-hybridized carbons (Fsp3) is 0.455. The molecular weight excluding hydrogens is 251 g/mol. The van der Waals surface area contributed by atoms with E-state index in [1.54, 1.807) is 12.1 Å². The highest BCUT2D eigenvalue weighted by atomic mass is 35.5. The van der Waals surface area contributed by atoms with Crippen molar-refractivity contribution in [2.45, 2.75) is 12.8 Å². The van der Waals surface area contributed by atoms with Gasteiger partial charge >= 0.3 is 0 Å². The summed E-state index contributed by atoms with van der Waals surface area (Å²) in [4.78, 5) is 0. The SMILES string of the molecule is O=S1(=O)CCC(Cc2ccc(Cl)cc2F)C1. The Labute approximate surface area is 99.3 Å². The average molecular weight is 263 g/mol. The van der Waals surface area contributed by atoms with Gasteiger partial charge in [0.2, 0.25) is 0 Å². The van der Waals surface area contributed by atoms with Crippen molar-refractivity contribution in [3.8, 4) is 0 Å². The minimum Gasteiger partial charge on any atom is -0.229 e. The van der Waals surface area contributed by atoms with Crippen LogP contribution in [-0.4, -0.2) is 19.9 Å². The highest BCUT2D eigenvalue weighted by molar-refractivity contribution is 7.91. The predicted octanol–water partition coefficient (Wildman–Crippen LogP) is 2.46. The van der Waals surface area contributed by atoms with Crippen molar-refractivity contribution in [1.29, 1.82) is 0 Å². The monoisotopic (exact) mass is 262 g/mol. The van der Waals surface area contributed by atoms with Crippen LogP contribution in [0.2, 0.25) is 5.02 Å². The molecule has 0 N–H and O–H groups in total. The molecule has 1 saturated heterocycles. The first-order chi connectivity index (χ1) is 7.46. The topological polar surface area (TPSA) is 34.1 Å². The molecule has 88 valence electrons. The van der Waals surface area contributed by atoms with Crippen LogP contribution < -0.4 is 0 Å². The maximum absolute atomic E-state index is 13.5. The Bertz CT molecular complexity index is 499. The molecule has 1 aromatic rings. The smallest absolute Gasteiger partial charge is 0.150 e. The zero-order chi connectivity index (χ0) is 11.8. The van der Waals surface area contributed by atoms with Gasteiger partial charge in [-0.15, -0.1) is 0 Å². The quantitative estimate of drug-likeness (QED) is 0.821. The maximum atomic E-state index is 13.5. The van der Waals surface area contributed by atoms with Gasteiger partial charge in [-0.2, -0.15) is 0 Å². The van der Waals surface area contributed by atoms with Crippen LogP contribution in [0.4, 0.5) is 4.39 Å². The van der Waals surface area contributed by atoms with Crippen LogP contribution in [-0.2, 0) is 16.3 Å². The van der Waals surface area contributed by atoms with Crippen LogP contribution in [0.3, 0.4) is 0 Å². The lowest BCUT2D eigenvalue weighted by molar-refractivity contribution is 0.550. The van der Waals surface area contributed by atoms with Crippen molar-refractivity contribution in [3.63, 3.8) is 0 Å². The summed E-state index contributed by atoms with van der Waals surface area (Å²) in [6.07, 6.45) is 1.10. The molecule has 1 heterocycles. The van der Waals surface area contributed by atoms with Crippen LogP contribution in [0.15, 0.2) is 18.2 Å². The molecule has 0 spiro atoms. The summed E-state index contributed by atoms with van der Waals surface area (Å²) >= 11 is 5.64. The van der Waals surface area contributed by atoms with Crippen molar-refractivity contribution in [3.05, 3.63) is 34.6 Å². The summed E-state index contributed by atoms with van der Waals surface area (Å²) in [6, 6.07) is 4.52. The van der Waals surface area contributed by atoms with Gasteiger partial charge < -0.3 is 0 Å². The molecule has 2 nitrogen and oxygen atoms in total. The fourth-order valence-electron chi connectivity index (χ4n) is 2.03. The molecule has 0 aliphatic carbocycles. The van der Waals surface area contributed by atoms with E-state index in [1.165, 1.54) is 6.07 Å². The molecule has 1 atom stereocenters. The fourth-order valence-corrected chi connectivity index (χ4v) is 4.05. The normalized spacial score (nSPS) is 23.5. The van der Waals surface area contributed by atoms with Crippen molar-refractivity contribution >= 4 is 21.4 Å². The lowest BCUT2D eigenvalue weighted by Gasteiger charge is -2.08. The molecule has 1 unspecified atom stereocenters. The van der Waals surface area contributed by atoms with Crippen LogP contribution in [0, 0.1) is 11.7 Å². The molecule has 0 amide bonds. The summed E-state index contributed by atoms with van der Waals surface area (Å²) in [5.41, 5.74) is 0.548. The Morgan fingerprint density at radius 3 is 2.75 bits per heavy atom. The Kier molecular flexibility index (Phi) is 3.22. The number of hydrogen-bond donors (Lipinski definition) is 0. The Balaban J connectivity index is 2.11. The second-order valence-corrected chi connectivity index (χ2v) is 6.87. The molecule has 0 radical (unpaired) electrons. The molecule has 16 heavy (non-hydrogen) atoms. The first-order valence-corrected chi connectivity index (χ1v) is 7.30. The third-order valence-electron chi connectivity index (χ3n) is 2.85. The lowest BCUT2D eigenvalue weighted by Crippen LogP contribution is -2.08. The minimum atomic E-state index is -2.89. The Morgan fingerprint density at radius 2 is 2.19 bits per heavy atom. The van der Waals surface area contributed by atoms with E-state index in [0.717, 1.165) is 0 Å². The van der Waals surface area contributed by atoms with Gasteiger partial charge in [0, 0.05) is 5.02 Å². The van der Waals surface area contributed by atoms with Gasteiger partial charge in [0.05, 0.1) is 11.5 Å². The van der Waals surface area contributed by atoms with Gasteiger partial charge in [0.15, 0.2) is 9.84 Å². The van der Waals surface area contributed by atoms with Crippen molar-refractivity contribution < 1.29 is 12.8 Å². The highest BCUT2D eigenvalue weighted by Crippen LogP contribution is 2.24. The number of rotatable bonds is 2. The van der Waals surface area contributed by atoms with E-state index in [4.69, 9.17) is 11.6 Å². The average Bonchev–Trinajstić information content (AvgIpc) is 2.51. The molecule has 0 saturated carbocycles. The van der Waals surface area contributed by atoms with Crippen LogP contribution in [0.25, 0.3) is 0 Å². The standard InChI is InChI=1S/C11H12ClFO2S/c12-10-2-1-9(11(13)6-10)5-8-3-4-16(14,15)7-8/h1-2,6,8H,3-5,7H2. The second kappa shape index (κ2) is 4.34. The molecule has 2 rings (SSSR count). The third kappa shape index (κ3) is 2.74. The van der Waals surface area contributed by atoms with E-state index < -0.39 is 9.84 Å². The van der Waals surface area contributed by atoms with E-state index in [1.807, 2.05) is 0 Å². The largest absolute Gasteiger partial charge is 0.229 e. The number of benzene rings is 1. The van der Waals surface area contributed by atoms with Crippen LogP contribution >= 0.6 is 11.6 Å². The minimum absolute atomic E-state index is 0.0423. The van der Waals surface area contributed by atoms with E-state index in [0.29, 0.717) is 23.4 Å². The van der Waals surface area contributed by atoms with E-state index in [9.17, 15) is 12.8 Å². The van der Waals surface area contributed by atoms with Crippen molar-refractivity contribution in [2.75, 3.05) is 11.5 Å². The number of hydrogen-bond acceptors (Lipinski definition) is 2. The molecule has 0 bridgehead atoms. The molecule has 1 fully saturated rings. The zero-order valence-corrected chi connectivity index (χ0v) is 10.2. The summed E-state index contributed by atoms with van der Waals surface area (Å²) < 4.78 is 36.0. The maximum Gasteiger partial charge on any atom is 0.150 e. The number of sulfone groups is 1. The number of halogens is 2. The van der Waals surface area contributed by atoms with E-state index in [2.05, 4.69) is 0 Å². The van der Waals surface area contributed by atoms with Gasteiger partial charge in [0.25, 0.3) is 0 Å². The van der Waals surface area contributed by atoms with Gasteiger partial charge in [-0.05, 0) is 36.5 Å². The van der Waals surface area contributed by atoms with Crippen LogP contribution in [0.5, 0.6) is 0 Å². The Morgan fingerprint density at radius 1 is 1.44 bits per heavy atom. The molecule has 1 aromatic carbocycles. The predicted molar refractivity (Wildman–Crippen MR) is 61.9 cm³/mol. The first kappa shape index (κ1) is 11.9. The summed E-state index contributed by atoms with van der Waals surface area (Å²) in [5.74, 6) is 0.0968. The lowest BCUT2D eigenvalue weighted by atomic mass is 9.99. The zero-order valence-electron chi connectivity index (χ0n) is 8.62. The Hall–Kier alpha value is -0.610. The van der Waals surface area contributed by atoms with Crippen LogP contribution in [0.1, 0.15) is 12.0 Å². The molecule has 1 aliphatic rings. The van der Waals surface area contributed by atoms with E-state index in [-0.39, 0.29) is 23.2 Å². The summed E-state index contributed by atoms with van der Waals surface area (Å²) in [5, 5.41) is 0.361. The van der Waals surface area contributed by atoms with Gasteiger partial charge in [-0.1, -0.05) is 17.7 Å². The molecular formula is C11H12ClFO2S. The van der Waals surface area contributed by atoms with Crippen molar-refractivity contribution in [2.24, 2.45) is 5.92 Å². The molecule has 1 aliphatic heterocycles. The van der Waals surface area contributed by atoms with E-state index >= 15 is 0 Å². The highest BCUT2D eigenvalue weighted by Gasteiger charge is 2.28. The first-order valence-electron chi connectivity index (χ1n) is 5.10. The third-order valence-corrected chi connectivity index (χ3v) is 4.92. The summed E-state index contributed by atoms with van der Waals surface area (Å²) in [6.45, 7) is 0. The van der Waals surface area contributed by atoms with Crippen molar-refractivity contribution in [1.82, 2.24) is 0 Å². The van der Waals surface area contributed by atoms with Gasteiger partial charge in [0.1, 0.15) is 5.82 Å². The molecule has 5 heteroatoms. The van der Waals surface area contributed by atoms with Gasteiger partial charge in [-0.3, -0.25) is 0 Å². The second-order valence-electron chi connectivity index (χ2n) is 4.21. The molecule has 0 aromatic heterocycles.